The van der Waals surface area contributed by atoms with Gasteiger partial charge >= 0.3 is 6.03 Å². The molecular weight excluding hydrogens is 330 g/mol. The number of anilines is 1. The minimum atomic E-state index is -0.273. The van der Waals surface area contributed by atoms with Crippen LogP contribution in [0.3, 0.4) is 0 Å². The predicted octanol–water partition coefficient (Wildman–Crippen LogP) is 3.33. The van der Waals surface area contributed by atoms with E-state index in [0.717, 1.165) is 5.75 Å². The number of nitrogens with one attached hydrogen (secondary N) is 3. The van der Waals surface area contributed by atoms with Crippen molar-refractivity contribution in [2.75, 3.05) is 18.5 Å². The van der Waals surface area contributed by atoms with Crippen LogP contribution in [0.25, 0.3) is 0 Å². The maximum atomic E-state index is 12.1. The Morgan fingerprint density at radius 2 is 1.65 bits per heavy atom. The summed E-state index contributed by atoms with van der Waals surface area (Å²) in [7, 11) is 0. The maximum absolute atomic E-state index is 12.1. The number of urea groups is 1. The highest BCUT2D eigenvalue weighted by molar-refractivity contribution is 5.95. The second-order valence-corrected chi connectivity index (χ2v) is 6.25. The van der Waals surface area contributed by atoms with Gasteiger partial charge in [-0.05, 0) is 57.2 Å². The van der Waals surface area contributed by atoms with E-state index >= 15 is 0 Å². The van der Waals surface area contributed by atoms with Crippen LogP contribution in [0.4, 0.5) is 10.5 Å². The van der Waals surface area contributed by atoms with Gasteiger partial charge in [-0.2, -0.15) is 0 Å². The van der Waals surface area contributed by atoms with Gasteiger partial charge in [0.2, 0.25) is 0 Å². The Kier molecular flexibility index (Phi) is 7.02. The largest absolute Gasteiger partial charge is 0.492 e. The Bertz CT molecular complexity index is 725. The summed E-state index contributed by atoms with van der Waals surface area (Å²) < 4.78 is 5.57. The molecular formula is C20H25N3O3. The molecule has 0 heterocycles. The standard InChI is InChI=1S/C20H25N3O3/c1-14(2)22-20(25)23-17-8-6-16(7-9-17)19(24)21-12-13-26-18-10-4-15(3)5-11-18/h4-11,14H,12-13H2,1-3H3,(H,21,24)(H2,22,23,25). The first-order valence-electron chi connectivity index (χ1n) is 8.59. The fraction of sp³-hybridized carbons (Fsp3) is 0.300. The second kappa shape index (κ2) is 9.46. The van der Waals surface area contributed by atoms with Crippen molar-refractivity contribution in [2.45, 2.75) is 26.8 Å². The molecule has 0 saturated carbocycles. The average molecular weight is 355 g/mol. The van der Waals surface area contributed by atoms with E-state index in [-0.39, 0.29) is 18.0 Å². The summed E-state index contributed by atoms with van der Waals surface area (Å²) >= 11 is 0. The Morgan fingerprint density at radius 1 is 1.00 bits per heavy atom. The third-order valence-corrected chi connectivity index (χ3v) is 3.50. The highest BCUT2D eigenvalue weighted by Crippen LogP contribution is 2.11. The lowest BCUT2D eigenvalue weighted by Crippen LogP contribution is -2.34. The molecule has 0 bridgehead atoms. The van der Waals surface area contributed by atoms with Crippen LogP contribution >= 0.6 is 0 Å². The molecule has 0 aromatic heterocycles. The molecule has 0 aliphatic carbocycles. The quantitative estimate of drug-likeness (QED) is 0.667. The molecule has 0 saturated heterocycles. The molecule has 6 heteroatoms. The van der Waals surface area contributed by atoms with Gasteiger partial charge in [0.15, 0.2) is 0 Å². The van der Waals surface area contributed by atoms with Crippen LogP contribution in [0, 0.1) is 6.92 Å². The van der Waals surface area contributed by atoms with Gasteiger partial charge in [0.1, 0.15) is 12.4 Å². The minimum Gasteiger partial charge on any atom is -0.492 e. The van der Waals surface area contributed by atoms with Gasteiger partial charge in [-0.15, -0.1) is 0 Å². The van der Waals surface area contributed by atoms with Crippen molar-refractivity contribution in [1.29, 1.82) is 0 Å². The van der Waals surface area contributed by atoms with Crippen LogP contribution in [0.1, 0.15) is 29.8 Å². The summed E-state index contributed by atoms with van der Waals surface area (Å²) in [4.78, 5) is 23.7. The van der Waals surface area contributed by atoms with Gasteiger partial charge in [0, 0.05) is 17.3 Å². The van der Waals surface area contributed by atoms with Crippen LogP contribution in [0.15, 0.2) is 48.5 Å². The molecule has 3 amide bonds. The first kappa shape index (κ1) is 19.3. The zero-order valence-corrected chi connectivity index (χ0v) is 15.3. The monoisotopic (exact) mass is 355 g/mol. The number of carbonyl (C=O) groups is 2. The van der Waals surface area contributed by atoms with Crippen molar-refractivity contribution in [3.8, 4) is 5.75 Å². The number of aryl methyl sites for hydroxylation is 1. The highest BCUT2D eigenvalue weighted by atomic mass is 16.5. The number of hydrogen-bond donors (Lipinski definition) is 3. The van der Waals surface area contributed by atoms with Gasteiger partial charge in [0.25, 0.3) is 5.91 Å². The van der Waals surface area contributed by atoms with Gasteiger partial charge < -0.3 is 20.7 Å². The number of rotatable bonds is 7. The van der Waals surface area contributed by atoms with Crippen molar-refractivity contribution in [3.05, 3.63) is 59.7 Å². The van der Waals surface area contributed by atoms with E-state index < -0.39 is 0 Å². The van der Waals surface area contributed by atoms with E-state index in [0.29, 0.717) is 24.4 Å². The van der Waals surface area contributed by atoms with E-state index in [1.807, 2.05) is 45.0 Å². The molecule has 0 spiro atoms. The molecule has 2 aromatic carbocycles. The summed E-state index contributed by atoms with van der Waals surface area (Å²) in [5.41, 5.74) is 2.32. The number of hydrogen-bond acceptors (Lipinski definition) is 3. The van der Waals surface area contributed by atoms with E-state index in [2.05, 4.69) is 16.0 Å². The molecule has 2 aromatic rings. The number of amides is 3. The van der Waals surface area contributed by atoms with Gasteiger partial charge in [-0.3, -0.25) is 4.79 Å². The predicted molar refractivity (Wildman–Crippen MR) is 103 cm³/mol. The van der Waals surface area contributed by atoms with Gasteiger partial charge in [-0.25, -0.2) is 4.79 Å². The molecule has 0 aliphatic rings. The van der Waals surface area contributed by atoms with Crippen LogP contribution in [-0.4, -0.2) is 31.1 Å². The molecule has 0 atom stereocenters. The van der Waals surface area contributed by atoms with Gasteiger partial charge in [0.05, 0.1) is 6.54 Å². The molecule has 26 heavy (non-hydrogen) atoms. The Hall–Kier alpha value is -3.02. The van der Waals surface area contributed by atoms with Gasteiger partial charge in [-0.1, -0.05) is 17.7 Å². The summed E-state index contributed by atoms with van der Waals surface area (Å²) in [6.45, 7) is 6.58. The zero-order chi connectivity index (χ0) is 18.9. The molecule has 0 radical (unpaired) electrons. The van der Waals surface area contributed by atoms with Crippen molar-refractivity contribution in [2.24, 2.45) is 0 Å². The normalized spacial score (nSPS) is 10.3. The fourth-order valence-corrected chi connectivity index (χ4v) is 2.20. The number of carbonyl (C=O) groups excluding carboxylic acids is 2. The van der Waals surface area contributed by atoms with Crippen molar-refractivity contribution < 1.29 is 14.3 Å². The SMILES string of the molecule is Cc1ccc(OCCNC(=O)c2ccc(NC(=O)NC(C)C)cc2)cc1. The Labute approximate surface area is 153 Å². The summed E-state index contributed by atoms with van der Waals surface area (Å²) in [5, 5.41) is 8.25. The third-order valence-electron chi connectivity index (χ3n) is 3.50. The summed E-state index contributed by atoms with van der Waals surface area (Å²) in [5.74, 6) is 0.593. The third kappa shape index (κ3) is 6.47. The highest BCUT2D eigenvalue weighted by Gasteiger charge is 2.07. The molecule has 138 valence electrons. The summed E-state index contributed by atoms with van der Waals surface area (Å²) in [6.07, 6.45) is 0. The molecule has 0 aliphatic heterocycles. The summed E-state index contributed by atoms with van der Waals surface area (Å²) in [6, 6.07) is 14.3. The lowest BCUT2D eigenvalue weighted by molar-refractivity contribution is 0.0947. The first-order valence-corrected chi connectivity index (χ1v) is 8.59. The molecule has 2 rings (SSSR count). The molecule has 3 N–H and O–H groups in total. The van der Waals surface area contributed by atoms with Crippen molar-refractivity contribution in [3.63, 3.8) is 0 Å². The Balaban J connectivity index is 1.75. The van der Waals surface area contributed by atoms with E-state index in [1.54, 1.807) is 24.3 Å². The minimum absolute atomic E-state index is 0.0576. The number of benzene rings is 2. The van der Waals surface area contributed by atoms with Crippen molar-refractivity contribution >= 4 is 17.6 Å². The molecule has 0 unspecified atom stereocenters. The Morgan fingerprint density at radius 3 is 2.27 bits per heavy atom. The topological polar surface area (TPSA) is 79.5 Å². The van der Waals surface area contributed by atoms with E-state index in [1.165, 1.54) is 5.56 Å². The number of ether oxygens (including phenoxy) is 1. The maximum Gasteiger partial charge on any atom is 0.319 e. The lowest BCUT2D eigenvalue weighted by atomic mass is 10.2. The van der Waals surface area contributed by atoms with E-state index in [4.69, 9.17) is 4.74 Å². The molecule has 6 nitrogen and oxygen atoms in total. The van der Waals surface area contributed by atoms with Crippen LogP contribution in [0.2, 0.25) is 0 Å². The first-order chi connectivity index (χ1) is 12.4. The zero-order valence-electron chi connectivity index (χ0n) is 15.3. The van der Waals surface area contributed by atoms with E-state index in [9.17, 15) is 9.59 Å². The van der Waals surface area contributed by atoms with Crippen LogP contribution < -0.4 is 20.7 Å². The van der Waals surface area contributed by atoms with Crippen LogP contribution in [-0.2, 0) is 0 Å². The average Bonchev–Trinajstić information content (AvgIpc) is 2.60. The second-order valence-electron chi connectivity index (χ2n) is 6.25. The van der Waals surface area contributed by atoms with Crippen LogP contribution in [0.5, 0.6) is 5.75 Å². The molecule has 0 fully saturated rings. The van der Waals surface area contributed by atoms with Crippen molar-refractivity contribution in [1.82, 2.24) is 10.6 Å². The fourth-order valence-electron chi connectivity index (χ4n) is 2.20. The smallest absolute Gasteiger partial charge is 0.319 e. The lowest BCUT2D eigenvalue weighted by Gasteiger charge is -2.11.